The summed E-state index contributed by atoms with van der Waals surface area (Å²) >= 11 is 1.49. The summed E-state index contributed by atoms with van der Waals surface area (Å²) in [6, 6.07) is 24.9. The minimum Gasteiger partial charge on any atom is -0.383 e. The van der Waals surface area contributed by atoms with Crippen molar-refractivity contribution in [2.24, 2.45) is 0 Å². The van der Waals surface area contributed by atoms with Crippen molar-refractivity contribution in [1.82, 2.24) is 15.0 Å². The fourth-order valence-corrected chi connectivity index (χ4v) is 4.60. The SMILES string of the molecule is COCCNc1cc(C(=O)Nc2ccccc2-c2nc3cccnc3s2)nc(-c2ccccc2)c1. The Kier molecular flexibility index (Phi) is 6.74. The van der Waals surface area contributed by atoms with Crippen LogP contribution in [0.5, 0.6) is 0 Å². The van der Waals surface area contributed by atoms with E-state index in [0.29, 0.717) is 30.2 Å². The Hall–Kier alpha value is -4.14. The lowest BCUT2D eigenvalue weighted by atomic mass is 10.1. The summed E-state index contributed by atoms with van der Waals surface area (Å²) in [5, 5.41) is 7.14. The summed E-state index contributed by atoms with van der Waals surface area (Å²) in [6.45, 7) is 1.17. The van der Waals surface area contributed by atoms with E-state index in [2.05, 4.69) is 20.6 Å². The smallest absolute Gasteiger partial charge is 0.274 e. The Labute approximate surface area is 206 Å². The number of benzene rings is 2. The third kappa shape index (κ3) is 5.18. The fraction of sp³-hybridized carbons (Fsp3) is 0.111. The van der Waals surface area contributed by atoms with Crippen LogP contribution in [-0.4, -0.2) is 41.1 Å². The van der Waals surface area contributed by atoms with Crippen molar-refractivity contribution < 1.29 is 9.53 Å². The number of para-hydroxylation sites is 1. The van der Waals surface area contributed by atoms with Gasteiger partial charge in [-0.15, -0.1) is 0 Å². The number of methoxy groups -OCH3 is 1. The van der Waals surface area contributed by atoms with Gasteiger partial charge in [0.15, 0.2) is 0 Å². The Morgan fingerprint density at radius 3 is 2.63 bits per heavy atom. The Balaban J connectivity index is 1.47. The number of ether oxygens (including phenoxy) is 1. The van der Waals surface area contributed by atoms with E-state index in [4.69, 9.17) is 9.72 Å². The van der Waals surface area contributed by atoms with Crippen LogP contribution in [0.4, 0.5) is 11.4 Å². The zero-order chi connectivity index (χ0) is 24.0. The molecule has 1 amide bonds. The summed E-state index contributed by atoms with van der Waals surface area (Å²) in [5.41, 5.74) is 5.08. The number of hydrogen-bond donors (Lipinski definition) is 2. The van der Waals surface area contributed by atoms with Crippen molar-refractivity contribution in [3.63, 3.8) is 0 Å². The Morgan fingerprint density at radius 1 is 0.971 bits per heavy atom. The van der Waals surface area contributed by atoms with Crippen LogP contribution < -0.4 is 10.6 Å². The summed E-state index contributed by atoms with van der Waals surface area (Å²) in [6.07, 6.45) is 1.75. The quantitative estimate of drug-likeness (QED) is 0.275. The largest absolute Gasteiger partial charge is 0.383 e. The van der Waals surface area contributed by atoms with Gasteiger partial charge in [0.1, 0.15) is 21.0 Å². The Bertz CT molecular complexity index is 1440. The third-order valence-electron chi connectivity index (χ3n) is 5.33. The van der Waals surface area contributed by atoms with Crippen LogP contribution in [0.3, 0.4) is 0 Å². The topological polar surface area (TPSA) is 89.0 Å². The molecule has 0 aliphatic rings. The molecule has 0 bridgehead atoms. The van der Waals surface area contributed by atoms with Crippen LogP contribution in [0.1, 0.15) is 10.5 Å². The van der Waals surface area contributed by atoms with Gasteiger partial charge >= 0.3 is 0 Å². The monoisotopic (exact) mass is 481 g/mol. The van der Waals surface area contributed by atoms with Gasteiger partial charge in [0.05, 0.1) is 18.0 Å². The molecule has 0 aliphatic heterocycles. The molecule has 7 nitrogen and oxygen atoms in total. The predicted molar refractivity (Wildman–Crippen MR) is 141 cm³/mol. The lowest BCUT2D eigenvalue weighted by Gasteiger charge is -2.13. The lowest BCUT2D eigenvalue weighted by molar-refractivity contribution is 0.102. The van der Waals surface area contributed by atoms with Crippen molar-refractivity contribution in [1.29, 1.82) is 0 Å². The minimum atomic E-state index is -0.302. The maximum absolute atomic E-state index is 13.4. The number of anilines is 2. The van der Waals surface area contributed by atoms with Crippen LogP contribution in [-0.2, 0) is 4.74 Å². The van der Waals surface area contributed by atoms with Gasteiger partial charge in [-0.25, -0.2) is 15.0 Å². The molecule has 3 aromatic heterocycles. The fourth-order valence-electron chi connectivity index (χ4n) is 3.65. The predicted octanol–water partition coefficient (Wildman–Crippen LogP) is 5.73. The first-order valence-corrected chi connectivity index (χ1v) is 12.0. The number of aromatic nitrogens is 3. The molecule has 0 unspecified atom stereocenters. The molecule has 2 N–H and O–H groups in total. The zero-order valence-corrected chi connectivity index (χ0v) is 19.9. The van der Waals surface area contributed by atoms with Gasteiger partial charge in [0.2, 0.25) is 0 Å². The van der Waals surface area contributed by atoms with E-state index in [1.807, 2.05) is 72.8 Å². The number of carbonyl (C=O) groups excluding carboxylic acids is 1. The van der Waals surface area contributed by atoms with Gasteiger partial charge in [-0.05, 0) is 36.4 Å². The number of rotatable bonds is 8. The molecular formula is C27H23N5O2S. The minimum absolute atomic E-state index is 0.302. The maximum Gasteiger partial charge on any atom is 0.274 e. The summed E-state index contributed by atoms with van der Waals surface area (Å²) in [4.78, 5) is 28.0. The van der Waals surface area contributed by atoms with Crippen molar-refractivity contribution in [3.05, 3.63) is 90.8 Å². The van der Waals surface area contributed by atoms with Crippen LogP contribution in [0, 0.1) is 0 Å². The van der Waals surface area contributed by atoms with E-state index >= 15 is 0 Å². The molecule has 0 aliphatic carbocycles. The number of amides is 1. The lowest BCUT2D eigenvalue weighted by Crippen LogP contribution is -2.16. The second-order valence-corrected chi connectivity index (χ2v) is 8.74. The molecule has 5 rings (SSSR count). The van der Waals surface area contributed by atoms with E-state index in [-0.39, 0.29) is 5.91 Å². The summed E-state index contributed by atoms with van der Waals surface area (Å²) in [5.74, 6) is -0.302. The number of fused-ring (bicyclic) bond motifs is 1. The van der Waals surface area contributed by atoms with Crippen molar-refractivity contribution >= 4 is 39.0 Å². The average Bonchev–Trinajstić information content (AvgIpc) is 3.34. The van der Waals surface area contributed by atoms with E-state index in [0.717, 1.165) is 32.2 Å². The number of hydrogen-bond acceptors (Lipinski definition) is 7. The third-order valence-corrected chi connectivity index (χ3v) is 6.35. The van der Waals surface area contributed by atoms with E-state index in [1.165, 1.54) is 11.3 Å². The highest BCUT2D eigenvalue weighted by atomic mass is 32.1. The molecule has 0 spiro atoms. The molecule has 0 saturated heterocycles. The van der Waals surface area contributed by atoms with Gasteiger partial charge in [-0.2, -0.15) is 0 Å². The highest BCUT2D eigenvalue weighted by Gasteiger charge is 2.16. The van der Waals surface area contributed by atoms with Gasteiger partial charge in [0.25, 0.3) is 5.91 Å². The molecule has 3 heterocycles. The zero-order valence-electron chi connectivity index (χ0n) is 19.1. The molecule has 5 aromatic rings. The number of carbonyl (C=O) groups is 1. The molecule has 2 aromatic carbocycles. The van der Waals surface area contributed by atoms with Gasteiger partial charge in [-0.3, -0.25) is 4.79 Å². The summed E-state index contributed by atoms with van der Waals surface area (Å²) in [7, 11) is 1.65. The first-order valence-electron chi connectivity index (χ1n) is 11.1. The molecule has 174 valence electrons. The second kappa shape index (κ2) is 10.4. The van der Waals surface area contributed by atoms with Gasteiger partial charge < -0.3 is 15.4 Å². The standard InChI is InChI=1S/C27H23N5O2S/c1-34-15-14-28-19-16-23(18-8-3-2-4-9-18)30-24(17-19)25(33)31-21-11-6-5-10-20(21)26-32-22-12-7-13-29-27(22)35-26/h2-13,16-17H,14-15H2,1H3,(H,28,30)(H,31,33). The molecule has 35 heavy (non-hydrogen) atoms. The van der Waals surface area contributed by atoms with E-state index in [1.54, 1.807) is 19.4 Å². The van der Waals surface area contributed by atoms with Gasteiger partial charge in [-0.1, -0.05) is 53.8 Å². The average molecular weight is 482 g/mol. The highest BCUT2D eigenvalue weighted by Crippen LogP contribution is 2.34. The summed E-state index contributed by atoms with van der Waals surface area (Å²) < 4.78 is 5.15. The number of pyridine rings is 2. The van der Waals surface area contributed by atoms with Crippen molar-refractivity contribution in [2.75, 3.05) is 30.9 Å². The van der Waals surface area contributed by atoms with Gasteiger partial charge in [0, 0.05) is 36.7 Å². The van der Waals surface area contributed by atoms with Crippen LogP contribution >= 0.6 is 11.3 Å². The van der Waals surface area contributed by atoms with Crippen molar-refractivity contribution in [2.45, 2.75) is 0 Å². The van der Waals surface area contributed by atoms with Crippen LogP contribution in [0.2, 0.25) is 0 Å². The molecule has 0 radical (unpaired) electrons. The molecule has 8 heteroatoms. The molecular weight excluding hydrogens is 458 g/mol. The Morgan fingerprint density at radius 2 is 1.80 bits per heavy atom. The van der Waals surface area contributed by atoms with E-state index < -0.39 is 0 Å². The second-order valence-electron chi connectivity index (χ2n) is 7.76. The van der Waals surface area contributed by atoms with Crippen molar-refractivity contribution in [3.8, 4) is 21.8 Å². The first kappa shape index (κ1) is 22.6. The number of nitrogens with one attached hydrogen (secondary N) is 2. The maximum atomic E-state index is 13.4. The molecule has 0 saturated carbocycles. The molecule has 0 atom stereocenters. The normalized spacial score (nSPS) is 10.9. The first-order chi connectivity index (χ1) is 17.2. The molecule has 0 fully saturated rings. The van der Waals surface area contributed by atoms with E-state index in [9.17, 15) is 4.79 Å². The highest BCUT2D eigenvalue weighted by molar-refractivity contribution is 7.21. The van der Waals surface area contributed by atoms with Crippen LogP contribution in [0.25, 0.3) is 32.2 Å². The number of nitrogens with zero attached hydrogens (tertiary/aromatic N) is 3. The number of thiazole rings is 1. The van der Waals surface area contributed by atoms with Crippen LogP contribution in [0.15, 0.2) is 85.1 Å².